The van der Waals surface area contributed by atoms with E-state index in [-0.39, 0.29) is 11.1 Å². The van der Waals surface area contributed by atoms with E-state index in [1.807, 2.05) is 36.5 Å². The van der Waals surface area contributed by atoms with Crippen molar-refractivity contribution in [2.24, 2.45) is 0 Å². The molecule has 2 aromatic heterocycles. The standard InChI is InChI=1S/C28H36N4O/c1-27(2)17-25(18-28(3,4)31-27)32(20-23-12-7-9-15-29-23)19-22-11-5-6-14-26(22)33-21-24-13-8-10-16-30-24/h5-16,25,31H,17-21H2,1-4H3. The van der Waals surface area contributed by atoms with Crippen LogP contribution >= 0.6 is 0 Å². The van der Waals surface area contributed by atoms with Crippen LogP contribution in [-0.2, 0) is 19.7 Å². The highest BCUT2D eigenvalue weighted by Crippen LogP contribution is 2.34. The van der Waals surface area contributed by atoms with Gasteiger partial charge in [0.05, 0.1) is 11.4 Å². The Kier molecular flexibility index (Phi) is 7.11. The highest BCUT2D eigenvalue weighted by Gasteiger charge is 2.40. The van der Waals surface area contributed by atoms with Gasteiger partial charge in [-0.25, -0.2) is 0 Å². The third kappa shape index (κ3) is 6.62. The van der Waals surface area contributed by atoms with Crippen molar-refractivity contribution in [3.05, 3.63) is 90.0 Å². The predicted molar refractivity (Wildman–Crippen MR) is 133 cm³/mol. The van der Waals surface area contributed by atoms with Gasteiger partial charge in [-0.1, -0.05) is 30.3 Å². The van der Waals surface area contributed by atoms with Crippen molar-refractivity contribution >= 4 is 0 Å². The molecule has 0 radical (unpaired) electrons. The average molecular weight is 445 g/mol. The number of benzene rings is 1. The molecule has 1 saturated heterocycles. The van der Waals surface area contributed by atoms with Crippen molar-refractivity contribution in [1.82, 2.24) is 20.2 Å². The first-order chi connectivity index (χ1) is 15.8. The van der Waals surface area contributed by atoms with Gasteiger partial charge in [0, 0.05) is 48.2 Å². The van der Waals surface area contributed by atoms with Crippen molar-refractivity contribution < 1.29 is 4.74 Å². The maximum absolute atomic E-state index is 6.23. The molecule has 3 aromatic rings. The minimum Gasteiger partial charge on any atom is -0.487 e. The fourth-order valence-electron chi connectivity index (χ4n) is 5.17. The van der Waals surface area contributed by atoms with Crippen LogP contribution < -0.4 is 10.1 Å². The van der Waals surface area contributed by atoms with E-state index in [1.54, 1.807) is 6.20 Å². The molecule has 1 aliphatic rings. The Labute approximate surface area is 198 Å². The Morgan fingerprint density at radius 3 is 2.06 bits per heavy atom. The summed E-state index contributed by atoms with van der Waals surface area (Å²) in [7, 11) is 0. The lowest BCUT2D eigenvalue weighted by molar-refractivity contribution is 0.0550. The van der Waals surface area contributed by atoms with E-state index in [9.17, 15) is 0 Å². The number of hydrogen-bond acceptors (Lipinski definition) is 5. The second-order valence-electron chi connectivity index (χ2n) is 10.4. The van der Waals surface area contributed by atoms with Crippen LogP contribution in [0, 0.1) is 0 Å². The molecule has 0 atom stereocenters. The van der Waals surface area contributed by atoms with Gasteiger partial charge in [0.1, 0.15) is 12.4 Å². The molecule has 5 nitrogen and oxygen atoms in total. The van der Waals surface area contributed by atoms with Crippen LogP contribution in [0.2, 0.25) is 0 Å². The summed E-state index contributed by atoms with van der Waals surface area (Å²) < 4.78 is 6.23. The zero-order chi connectivity index (χ0) is 23.3. The molecule has 0 saturated carbocycles. The molecule has 0 aliphatic carbocycles. The minimum absolute atomic E-state index is 0.0732. The summed E-state index contributed by atoms with van der Waals surface area (Å²) >= 11 is 0. The first-order valence-electron chi connectivity index (χ1n) is 11.8. The lowest BCUT2D eigenvalue weighted by atomic mass is 9.79. The number of piperidine rings is 1. The Morgan fingerprint density at radius 1 is 0.818 bits per heavy atom. The van der Waals surface area contributed by atoms with E-state index in [4.69, 9.17) is 4.74 Å². The Hall–Kier alpha value is -2.76. The normalized spacial score (nSPS) is 17.7. The van der Waals surface area contributed by atoms with Crippen LogP contribution in [0.3, 0.4) is 0 Å². The van der Waals surface area contributed by atoms with Gasteiger partial charge in [-0.15, -0.1) is 0 Å². The number of para-hydroxylation sites is 1. The monoisotopic (exact) mass is 444 g/mol. The van der Waals surface area contributed by atoms with Gasteiger partial charge >= 0.3 is 0 Å². The van der Waals surface area contributed by atoms with Crippen molar-refractivity contribution in [2.75, 3.05) is 0 Å². The molecule has 1 fully saturated rings. The highest BCUT2D eigenvalue weighted by atomic mass is 16.5. The first-order valence-corrected chi connectivity index (χ1v) is 11.8. The summed E-state index contributed by atoms with van der Waals surface area (Å²) in [4.78, 5) is 11.6. The van der Waals surface area contributed by atoms with Gasteiger partial charge in [-0.3, -0.25) is 14.9 Å². The number of aromatic nitrogens is 2. The molecule has 1 aliphatic heterocycles. The van der Waals surface area contributed by atoms with Crippen LogP contribution in [-0.4, -0.2) is 32.0 Å². The molecule has 0 bridgehead atoms. The molecule has 0 unspecified atom stereocenters. The van der Waals surface area contributed by atoms with E-state index >= 15 is 0 Å². The Bertz CT molecular complexity index is 1000. The lowest BCUT2D eigenvalue weighted by Gasteiger charge is -2.49. The van der Waals surface area contributed by atoms with Crippen molar-refractivity contribution in [3.63, 3.8) is 0 Å². The van der Waals surface area contributed by atoms with Gasteiger partial charge in [0.25, 0.3) is 0 Å². The smallest absolute Gasteiger partial charge is 0.130 e. The van der Waals surface area contributed by atoms with Crippen LogP contribution in [0.15, 0.2) is 73.1 Å². The molecular formula is C28H36N4O. The predicted octanol–water partition coefficient (Wildman–Crippen LogP) is 5.37. The third-order valence-electron chi connectivity index (χ3n) is 6.22. The minimum atomic E-state index is 0.0732. The molecule has 33 heavy (non-hydrogen) atoms. The molecule has 0 amide bonds. The summed E-state index contributed by atoms with van der Waals surface area (Å²) in [6.07, 6.45) is 5.86. The van der Waals surface area contributed by atoms with Gasteiger partial charge in [0.2, 0.25) is 0 Å². The summed E-state index contributed by atoms with van der Waals surface area (Å²) in [5.41, 5.74) is 3.37. The van der Waals surface area contributed by atoms with Crippen molar-refractivity contribution in [2.45, 2.75) is 77.4 Å². The molecule has 0 spiro atoms. The van der Waals surface area contributed by atoms with E-state index < -0.39 is 0 Å². The van der Waals surface area contributed by atoms with Crippen molar-refractivity contribution in [3.8, 4) is 5.75 Å². The molecule has 1 N–H and O–H groups in total. The fourth-order valence-corrected chi connectivity index (χ4v) is 5.17. The summed E-state index contributed by atoms with van der Waals surface area (Å²) in [5, 5.41) is 3.82. The first kappa shape index (κ1) is 23.4. The van der Waals surface area contributed by atoms with Crippen LogP contribution in [0.1, 0.15) is 57.5 Å². The Morgan fingerprint density at radius 2 is 1.42 bits per heavy atom. The topological polar surface area (TPSA) is 50.3 Å². The summed E-state index contributed by atoms with van der Waals surface area (Å²) in [6, 6.07) is 20.9. The zero-order valence-corrected chi connectivity index (χ0v) is 20.3. The SMILES string of the molecule is CC1(C)CC(N(Cc2ccccn2)Cc2ccccc2OCc2ccccn2)CC(C)(C)N1. The molecule has 3 heterocycles. The van der Waals surface area contributed by atoms with E-state index in [2.05, 4.69) is 78.2 Å². The van der Waals surface area contributed by atoms with Gasteiger partial charge in [0.15, 0.2) is 0 Å². The molecule has 1 aromatic carbocycles. The second-order valence-corrected chi connectivity index (χ2v) is 10.4. The maximum Gasteiger partial charge on any atom is 0.130 e. The van der Waals surface area contributed by atoms with E-state index in [0.717, 1.165) is 43.1 Å². The summed E-state index contributed by atoms with van der Waals surface area (Å²) in [5.74, 6) is 0.918. The number of rotatable bonds is 8. The largest absolute Gasteiger partial charge is 0.487 e. The zero-order valence-electron chi connectivity index (χ0n) is 20.3. The van der Waals surface area contributed by atoms with E-state index in [0.29, 0.717) is 12.6 Å². The number of nitrogens with one attached hydrogen (secondary N) is 1. The van der Waals surface area contributed by atoms with E-state index in [1.165, 1.54) is 5.56 Å². The van der Waals surface area contributed by atoms with Gasteiger partial charge in [-0.2, -0.15) is 0 Å². The maximum atomic E-state index is 6.23. The number of hydrogen-bond donors (Lipinski definition) is 1. The molecule has 174 valence electrons. The van der Waals surface area contributed by atoms with Gasteiger partial charge < -0.3 is 10.1 Å². The highest BCUT2D eigenvalue weighted by molar-refractivity contribution is 5.33. The molecule has 4 rings (SSSR count). The van der Waals surface area contributed by atoms with Crippen LogP contribution in [0.25, 0.3) is 0 Å². The number of pyridine rings is 2. The van der Waals surface area contributed by atoms with Crippen LogP contribution in [0.4, 0.5) is 0 Å². The number of ether oxygens (including phenoxy) is 1. The molecular weight excluding hydrogens is 408 g/mol. The van der Waals surface area contributed by atoms with Gasteiger partial charge in [-0.05, 0) is 70.9 Å². The summed E-state index contributed by atoms with van der Waals surface area (Å²) in [6.45, 7) is 11.3. The van der Waals surface area contributed by atoms with Crippen LogP contribution in [0.5, 0.6) is 5.75 Å². The fraction of sp³-hybridized carbons (Fsp3) is 0.429. The molecule has 5 heteroatoms. The Balaban J connectivity index is 1.58. The second kappa shape index (κ2) is 10.0. The average Bonchev–Trinajstić information content (AvgIpc) is 2.77. The lowest BCUT2D eigenvalue weighted by Crippen LogP contribution is -2.62. The number of nitrogens with zero attached hydrogens (tertiary/aromatic N) is 3. The van der Waals surface area contributed by atoms with Crippen molar-refractivity contribution in [1.29, 1.82) is 0 Å². The third-order valence-corrected chi connectivity index (χ3v) is 6.22. The quantitative estimate of drug-likeness (QED) is 0.506.